The highest BCUT2D eigenvalue weighted by Gasteiger charge is 2.05. The van der Waals surface area contributed by atoms with Crippen molar-refractivity contribution in [3.05, 3.63) is 39.6 Å². The van der Waals surface area contributed by atoms with Crippen molar-refractivity contribution in [3.8, 4) is 5.75 Å². The molecular weight excluding hydrogens is 293 g/mol. The summed E-state index contributed by atoms with van der Waals surface area (Å²) in [6.45, 7) is 0.579. The van der Waals surface area contributed by atoms with Gasteiger partial charge >= 0.3 is 0 Å². The summed E-state index contributed by atoms with van der Waals surface area (Å²) in [6, 6.07) is 7.72. The number of hydrogen-bond acceptors (Lipinski definition) is 3. The van der Waals surface area contributed by atoms with Crippen molar-refractivity contribution < 1.29 is 4.74 Å². The zero-order valence-corrected chi connectivity index (χ0v) is 10.9. The van der Waals surface area contributed by atoms with E-state index in [-0.39, 0.29) is 0 Å². The Hall–Kier alpha value is -1.07. The minimum atomic E-state index is 0.369. The fraction of sp³-hybridized carbons (Fsp3) is 0.200. The molecule has 1 heterocycles. The van der Waals surface area contributed by atoms with Gasteiger partial charge in [-0.2, -0.15) is 4.80 Å². The minimum absolute atomic E-state index is 0.369. The molecule has 0 unspecified atom stereocenters. The first-order chi connectivity index (χ1) is 7.69. The molecule has 0 amide bonds. The van der Waals surface area contributed by atoms with Gasteiger partial charge in [0.15, 0.2) is 9.76 Å². The lowest BCUT2D eigenvalue weighted by molar-refractivity contribution is 0.414. The van der Waals surface area contributed by atoms with E-state index in [0.717, 1.165) is 11.3 Å². The van der Waals surface area contributed by atoms with Gasteiger partial charge in [-0.05, 0) is 33.6 Å². The summed E-state index contributed by atoms with van der Waals surface area (Å²) in [4.78, 5) is 1.54. The lowest BCUT2D eigenvalue weighted by Gasteiger charge is -2.02. The Morgan fingerprint density at radius 1 is 1.31 bits per heavy atom. The molecule has 0 radical (unpaired) electrons. The average molecular weight is 303 g/mol. The van der Waals surface area contributed by atoms with Crippen LogP contribution >= 0.6 is 27.5 Å². The van der Waals surface area contributed by atoms with Gasteiger partial charge < -0.3 is 4.74 Å². The number of ether oxygens (including phenoxy) is 1. The summed E-state index contributed by atoms with van der Waals surface area (Å²) < 4.78 is 5.63. The molecule has 0 saturated heterocycles. The van der Waals surface area contributed by atoms with E-state index >= 15 is 0 Å². The monoisotopic (exact) mass is 301 g/mol. The second-order valence-electron chi connectivity index (χ2n) is 3.16. The Morgan fingerprint density at radius 3 is 2.50 bits per heavy atom. The molecule has 0 aliphatic rings. The number of methoxy groups -OCH3 is 1. The van der Waals surface area contributed by atoms with E-state index in [1.54, 1.807) is 7.11 Å². The number of aromatic nitrogens is 3. The van der Waals surface area contributed by atoms with Crippen LogP contribution in [0.5, 0.6) is 5.75 Å². The van der Waals surface area contributed by atoms with Gasteiger partial charge in [0.05, 0.1) is 13.7 Å². The maximum Gasteiger partial charge on any atom is 0.185 e. The minimum Gasteiger partial charge on any atom is -0.497 e. The van der Waals surface area contributed by atoms with Crippen LogP contribution < -0.4 is 4.74 Å². The van der Waals surface area contributed by atoms with E-state index in [9.17, 15) is 0 Å². The van der Waals surface area contributed by atoms with Crippen molar-refractivity contribution in [1.82, 2.24) is 15.0 Å². The molecule has 2 rings (SSSR count). The smallest absolute Gasteiger partial charge is 0.185 e. The molecule has 0 N–H and O–H groups in total. The number of nitrogens with zero attached hydrogens (tertiary/aromatic N) is 3. The zero-order valence-electron chi connectivity index (χ0n) is 8.52. The van der Waals surface area contributed by atoms with E-state index in [0.29, 0.717) is 16.3 Å². The van der Waals surface area contributed by atoms with Crippen LogP contribution in [0.4, 0.5) is 0 Å². The molecule has 6 heteroatoms. The molecule has 0 atom stereocenters. The van der Waals surface area contributed by atoms with Gasteiger partial charge in [-0.25, -0.2) is 0 Å². The summed E-state index contributed by atoms with van der Waals surface area (Å²) in [6.07, 6.45) is 0. The van der Waals surface area contributed by atoms with Crippen LogP contribution in [0.25, 0.3) is 0 Å². The van der Waals surface area contributed by atoms with Gasteiger partial charge in [-0.3, -0.25) is 0 Å². The lowest BCUT2D eigenvalue weighted by atomic mass is 10.2. The van der Waals surface area contributed by atoms with Crippen molar-refractivity contribution >= 4 is 27.5 Å². The standard InChI is InChI=1S/C10H9BrClN3O/c1-16-8-4-2-7(3-5-8)6-15-13-9(11)10(12)14-15/h2-5H,6H2,1H3. The summed E-state index contributed by atoms with van der Waals surface area (Å²) in [7, 11) is 1.64. The largest absolute Gasteiger partial charge is 0.497 e. The summed E-state index contributed by atoms with van der Waals surface area (Å²) in [5.41, 5.74) is 1.08. The summed E-state index contributed by atoms with van der Waals surface area (Å²) in [5.74, 6) is 0.830. The number of benzene rings is 1. The average Bonchev–Trinajstić information content (AvgIpc) is 2.59. The van der Waals surface area contributed by atoms with Crippen molar-refractivity contribution in [2.45, 2.75) is 6.54 Å². The highest BCUT2D eigenvalue weighted by molar-refractivity contribution is 9.10. The predicted molar refractivity (Wildman–Crippen MR) is 64.8 cm³/mol. The fourth-order valence-electron chi connectivity index (χ4n) is 1.27. The predicted octanol–water partition coefficient (Wildman–Crippen LogP) is 2.75. The van der Waals surface area contributed by atoms with Crippen molar-refractivity contribution in [2.24, 2.45) is 0 Å². The van der Waals surface area contributed by atoms with Crippen LogP contribution in [-0.2, 0) is 6.54 Å². The third-order valence-corrected chi connectivity index (χ3v) is 3.08. The first-order valence-electron chi connectivity index (χ1n) is 4.58. The van der Waals surface area contributed by atoms with Gasteiger partial charge in [0, 0.05) is 0 Å². The second kappa shape index (κ2) is 4.84. The molecule has 0 bridgehead atoms. The molecule has 0 aliphatic carbocycles. The molecule has 0 spiro atoms. The summed E-state index contributed by atoms with van der Waals surface area (Å²) in [5, 5.41) is 8.52. The van der Waals surface area contributed by atoms with Gasteiger partial charge in [-0.1, -0.05) is 23.7 Å². The molecule has 1 aromatic carbocycles. The first-order valence-corrected chi connectivity index (χ1v) is 5.75. The molecule has 84 valence electrons. The number of rotatable bonds is 3. The molecule has 4 nitrogen and oxygen atoms in total. The highest BCUT2D eigenvalue weighted by Crippen LogP contribution is 2.17. The Kier molecular flexibility index (Phi) is 3.46. The van der Waals surface area contributed by atoms with Crippen LogP contribution in [-0.4, -0.2) is 22.1 Å². The van der Waals surface area contributed by atoms with Crippen LogP contribution in [0.15, 0.2) is 28.9 Å². The van der Waals surface area contributed by atoms with E-state index in [4.69, 9.17) is 16.3 Å². The number of hydrogen-bond donors (Lipinski definition) is 0. The van der Waals surface area contributed by atoms with E-state index in [2.05, 4.69) is 26.1 Å². The number of halogens is 2. The van der Waals surface area contributed by atoms with E-state index in [1.165, 1.54) is 4.80 Å². The van der Waals surface area contributed by atoms with Crippen molar-refractivity contribution in [3.63, 3.8) is 0 Å². The summed E-state index contributed by atoms with van der Waals surface area (Å²) >= 11 is 8.99. The normalized spacial score (nSPS) is 10.4. The third kappa shape index (κ3) is 2.54. The molecule has 0 aliphatic heterocycles. The molecule has 0 fully saturated rings. The first kappa shape index (κ1) is 11.4. The van der Waals surface area contributed by atoms with Crippen molar-refractivity contribution in [1.29, 1.82) is 0 Å². The third-order valence-electron chi connectivity index (χ3n) is 2.06. The Morgan fingerprint density at radius 2 is 2.00 bits per heavy atom. The Bertz CT molecular complexity index is 464. The molecular formula is C10H9BrClN3O. The van der Waals surface area contributed by atoms with Crippen molar-refractivity contribution in [2.75, 3.05) is 7.11 Å². The quantitative estimate of drug-likeness (QED) is 0.875. The Balaban J connectivity index is 2.14. The zero-order chi connectivity index (χ0) is 11.5. The van der Waals surface area contributed by atoms with Crippen LogP contribution in [0.2, 0.25) is 5.15 Å². The second-order valence-corrected chi connectivity index (χ2v) is 4.27. The van der Waals surface area contributed by atoms with Crippen LogP contribution in [0.3, 0.4) is 0 Å². The topological polar surface area (TPSA) is 39.9 Å². The van der Waals surface area contributed by atoms with Crippen LogP contribution in [0, 0.1) is 0 Å². The highest BCUT2D eigenvalue weighted by atomic mass is 79.9. The van der Waals surface area contributed by atoms with Gasteiger partial charge in [0.1, 0.15) is 5.75 Å². The SMILES string of the molecule is COc1ccc(Cn2nc(Cl)c(Br)n2)cc1. The maximum atomic E-state index is 5.78. The Labute approximate surface area is 106 Å². The van der Waals surface area contributed by atoms with Gasteiger partial charge in [0.25, 0.3) is 0 Å². The van der Waals surface area contributed by atoms with Gasteiger partial charge in [-0.15, -0.1) is 10.2 Å². The van der Waals surface area contributed by atoms with E-state index < -0.39 is 0 Å². The van der Waals surface area contributed by atoms with Crippen LogP contribution in [0.1, 0.15) is 5.56 Å². The molecule has 0 saturated carbocycles. The van der Waals surface area contributed by atoms with E-state index in [1.807, 2.05) is 24.3 Å². The fourth-order valence-corrected chi connectivity index (χ4v) is 1.66. The molecule has 1 aromatic heterocycles. The molecule has 16 heavy (non-hydrogen) atoms. The maximum absolute atomic E-state index is 5.78. The van der Waals surface area contributed by atoms with Gasteiger partial charge in [0.2, 0.25) is 0 Å². The molecule has 2 aromatic rings. The lowest BCUT2D eigenvalue weighted by Crippen LogP contribution is -2.03.